The molecule has 19 heavy (non-hydrogen) atoms. The minimum Gasteiger partial charge on any atom is -0.416 e. The van der Waals surface area contributed by atoms with Crippen molar-refractivity contribution in [2.24, 2.45) is 0 Å². The minimum atomic E-state index is -3.51. The van der Waals surface area contributed by atoms with Crippen LogP contribution in [0, 0.1) is 11.6 Å². The second-order valence-corrected chi connectivity index (χ2v) is 5.78. The lowest BCUT2D eigenvalue weighted by atomic mass is 10.3. The SMILES string of the molecule is CP(=O)(Oc1cccc(F)c1)Oc1cccc(F)c1. The van der Waals surface area contributed by atoms with Gasteiger partial charge < -0.3 is 9.05 Å². The van der Waals surface area contributed by atoms with Gasteiger partial charge in [-0.1, -0.05) is 12.1 Å². The fraction of sp³-hybridized carbons (Fsp3) is 0.0769. The Morgan fingerprint density at radius 2 is 1.32 bits per heavy atom. The van der Waals surface area contributed by atoms with E-state index in [0.717, 1.165) is 12.1 Å². The van der Waals surface area contributed by atoms with Crippen LogP contribution in [0.3, 0.4) is 0 Å². The summed E-state index contributed by atoms with van der Waals surface area (Å²) < 4.78 is 48.2. The van der Waals surface area contributed by atoms with Crippen molar-refractivity contribution in [1.82, 2.24) is 0 Å². The van der Waals surface area contributed by atoms with Gasteiger partial charge in [-0.25, -0.2) is 13.3 Å². The van der Waals surface area contributed by atoms with Crippen LogP contribution in [0.5, 0.6) is 11.5 Å². The summed E-state index contributed by atoms with van der Waals surface area (Å²) in [6.45, 7) is 1.23. The highest BCUT2D eigenvalue weighted by molar-refractivity contribution is 7.53. The molecule has 2 aromatic carbocycles. The van der Waals surface area contributed by atoms with E-state index in [1.54, 1.807) is 0 Å². The van der Waals surface area contributed by atoms with Crippen LogP contribution >= 0.6 is 7.60 Å². The standard InChI is InChI=1S/C13H11F2O3P/c1-19(16,17-12-6-2-4-10(14)8-12)18-13-7-3-5-11(15)9-13/h2-9H,1H3. The molecule has 0 radical (unpaired) electrons. The third-order valence-electron chi connectivity index (χ3n) is 2.13. The maximum atomic E-state index is 13.0. The van der Waals surface area contributed by atoms with Crippen molar-refractivity contribution in [2.45, 2.75) is 0 Å². The van der Waals surface area contributed by atoms with Gasteiger partial charge in [-0.2, -0.15) is 0 Å². The van der Waals surface area contributed by atoms with Gasteiger partial charge >= 0.3 is 7.60 Å². The van der Waals surface area contributed by atoms with Crippen LogP contribution in [0.25, 0.3) is 0 Å². The molecule has 0 saturated heterocycles. The molecule has 2 aromatic rings. The first-order valence-corrected chi connectivity index (χ1v) is 7.41. The zero-order valence-corrected chi connectivity index (χ0v) is 10.9. The van der Waals surface area contributed by atoms with E-state index in [1.165, 1.54) is 43.1 Å². The molecule has 0 N–H and O–H groups in total. The van der Waals surface area contributed by atoms with E-state index in [-0.39, 0.29) is 11.5 Å². The number of rotatable bonds is 4. The minimum absolute atomic E-state index is 0.0854. The average molecular weight is 284 g/mol. The second-order valence-electron chi connectivity index (χ2n) is 3.87. The molecule has 0 bridgehead atoms. The molecule has 0 unspecified atom stereocenters. The summed E-state index contributed by atoms with van der Waals surface area (Å²) in [5, 5.41) is 0. The van der Waals surface area contributed by atoms with Crippen molar-refractivity contribution in [3.8, 4) is 11.5 Å². The fourth-order valence-corrected chi connectivity index (χ4v) is 2.48. The van der Waals surface area contributed by atoms with Gasteiger partial charge in [0.05, 0.1) is 6.66 Å². The smallest absolute Gasteiger partial charge is 0.416 e. The average Bonchev–Trinajstić information content (AvgIpc) is 2.27. The number of hydrogen-bond donors (Lipinski definition) is 0. The fourth-order valence-electron chi connectivity index (χ4n) is 1.45. The van der Waals surface area contributed by atoms with Crippen molar-refractivity contribution in [3.63, 3.8) is 0 Å². The molecule has 0 aliphatic heterocycles. The van der Waals surface area contributed by atoms with Crippen LogP contribution < -0.4 is 9.05 Å². The van der Waals surface area contributed by atoms with Crippen LogP contribution in [0.1, 0.15) is 0 Å². The Bertz CT molecular complexity index is 579. The zero-order chi connectivity index (χ0) is 13.9. The number of benzene rings is 2. The van der Waals surface area contributed by atoms with Crippen molar-refractivity contribution in [3.05, 3.63) is 60.2 Å². The maximum Gasteiger partial charge on any atom is 0.427 e. The highest BCUT2D eigenvalue weighted by Gasteiger charge is 2.20. The Balaban J connectivity index is 2.12. The number of halogens is 2. The lowest BCUT2D eigenvalue weighted by Gasteiger charge is -2.16. The van der Waals surface area contributed by atoms with E-state index >= 15 is 0 Å². The van der Waals surface area contributed by atoms with Gasteiger partial charge in [-0.05, 0) is 24.3 Å². The van der Waals surface area contributed by atoms with Gasteiger partial charge in [0.25, 0.3) is 0 Å². The highest BCUT2D eigenvalue weighted by atomic mass is 31.2. The van der Waals surface area contributed by atoms with Gasteiger partial charge in [-0.3, -0.25) is 0 Å². The molecule has 0 aromatic heterocycles. The van der Waals surface area contributed by atoms with Crippen molar-refractivity contribution >= 4 is 7.60 Å². The first-order valence-electron chi connectivity index (χ1n) is 5.42. The molecule has 0 spiro atoms. The molecule has 0 amide bonds. The topological polar surface area (TPSA) is 35.5 Å². The molecule has 0 aliphatic carbocycles. The summed E-state index contributed by atoms with van der Waals surface area (Å²) in [7, 11) is -3.51. The third kappa shape index (κ3) is 4.07. The Labute approximate surface area is 109 Å². The van der Waals surface area contributed by atoms with Crippen LogP contribution in [-0.2, 0) is 4.57 Å². The zero-order valence-electron chi connectivity index (χ0n) is 10.0. The molecule has 0 fully saturated rings. The molecule has 2 rings (SSSR count). The second kappa shape index (κ2) is 5.41. The molecule has 0 saturated carbocycles. The van der Waals surface area contributed by atoms with E-state index < -0.39 is 19.2 Å². The molecule has 3 nitrogen and oxygen atoms in total. The summed E-state index contributed by atoms with van der Waals surface area (Å²) in [5.74, 6) is -0.851. The Kier molecular flexibility index (Phi) is 3.86. The van der Waals surface area contributed by atoms with Gasteiger partial charge in [0, 0.05) is 12.1 Å². The largest absolute Gasteiger partial charge is 0.427 e. The first kappa shape index (κ1) is 13.6. The monoisotopic (exact) mass is 284 g/mol. The summed E-state index contributed by atoms with van der Waals surface area (Å²) in [6.07, 6.45) is 0. The highest BCUT2D eigenvalue weighted by Crippen LogP contribution is 2.44. The molecule has 0 aliphatic rings. The van der Waals surface area contributed by atoms with E-state index in [0.29, 0.717) is 0 Å². The lowest BCUT2D eigenvalue weighted by molar-refractivity contribution is 0.391. The Hall–Kier alpha value is -1.87. The quantitative estimate of drug-likeness (QED) is 0.787. The molecule has 6 heteroatoms. The third-order valence-corrected chi connectivity index (χ3v) is 3.22. The van der Waals surface area contributed by atoms with Gasteiger partial charge in [-0.15, -0.1) is 0 Å². The van der Waals surface area contributed by atoms with Crippen LogP contribution in [0.2, 0.25) is 0 Å². The van der Waals surface area contributed by atoms with E-state index in [9.17, 15) is 13.3 Å². The molecular formula is C13H11F2O3P. The van der Waals surface area contributed by atoms with Crippen LogP contribution in [0.4, 0.5) is 8.78 Å². The predicted octanol–water partition coefficient (Wildman–Crippen LogP) is 4.25. The summed E-state index contributed by atoms with van der Waals surface area (Å²) >= 11 is 0. The molecule has 0 heterocycles. The van der Waals surface area contributed by atoms with Gasteiger partial charge in [0.15, 0.2) is 0 Å². The Morgan fingerprint density at radius 3 is 1.68 bits per heavy atom. The van der Waals surface area contributed by atoms with E-state index in [1.807, 2.05) is 0 Å². The van der Waals surface area contributed by atoms with Crippen molar-refractivity contribution < 1.29 is 22.4 Å². The first-order chi connectivity index (χ1) is 8.94. The van der Waals surface area contributed by atoms with Crippen LogP contribution in [-0.4, -0.2) is 6.66 Å². The normalized spacial score (nSPS) is 11.1. The Morgan fingerprint density at radius 1 is 0.895 bits per heavy atom. The van der Waals surface area contributed by atoms with Gasteiger partial charge in [0.2, 0.25) is 0 Å². The molecular weight excluding hydrogens is 273 g/mol. The number of hydrogen-bond acceptors (Lipinski definition) is 3. The summed E-state index contributed by atoms with van der Waals surface area (Å²) in [6, 6.07) is 10.4. The van der Waals surface area contributed by atoms with E-state index in [4.69, 9.17) is 9.05 Å². The van der Waals surface area contributed by atoms with E-state index in [2.05, 4.69) is 0 Å². The summed E-state index contributed by atoms with van der Waals surface area (Å²) in [4.78, 5) is 0. The molecule has 0 atom stereocenters. The maximum absolute atomic E-state index is 13.0. The van der Waals surface area contributed by atoms with Gasteiger partial charge in [0.1, 0.15) is 23.1 Å². The van der Waals surface area contributed by atoms with Crippen molar-refractivity contribution in [1.29, 1.82) is 0 Å². The molecule has 100 valence electrons. The van der Waals surface area contributed by atoms with Crippen molar-refractivity contribution in [2.75, 3.05) is 6.66 Å². The summed E-state index contributed by atoms with van der Waals surface area (Å²) in [5.41, 5.74) is 0. The predicted molar refractivity (Wildman–Crippen MR) is 67.6 cm³/mol. The van der Waals surface area contributed by atoms with Crippen LogP contribution in [0.15, 0.2) is 48.5 Å². The lowest BCUT2D eigenvalue weighted by Crippen LogP contribution is -1.99.